The van der Waals surface area contributed by atoms with Gasteiger partial charge in [0.1, 0.15) is 5.70 Å². The van der Waals surface area contributed by atoms with Crippen molar-refractivity contribution >= 4 is 17.4 Å². The fraction of sp³-hybridized carbons (Fsp3) is 0.318. The molecular formula is C22H23N3O2. The van der Waals surface area contributed by atoms with Gasteiger partial charge in [0, 0.05) is 25.5 Å². The van der Waals surface area contributed by atoms with E-state index in [1.807, 2.05) is 42.5 Å². The number of hydrogen-bond donors (Lipinski definition) is 0. The zero-order valence-corrected chi connectivity index (χ0v) is 15.5. The van der Waals surface area contributed by atoms with Crippen molar-refractivity contribution in [2.75, 3.05) is 13.1 Å². The lowest BCUT2D eigenvalue weighted by molar-refractivity contribution is -0.138. The van der Waals surface area contributed by atoms with Crippen LogP contribution in [0, 0.1) is 5.92 Å². The first-order valence-corrected chi connectivity index (χ1v) is 9.45. The highest BCUT2D eigenvalue weighted by Gasteiger charge is 2.42. The summed E-state index contributed by atoms with van der Waals surface area (Å²) in [5, 5.41) is 0. The number of carbonyl (C=O) groups excluding carboxylic acids is 2. The van der Waals surface area contributed by atoms with Gasteiger partial charge in [-0.05, 0) is 36.0 Å². The van der Waals surface area contributed by atoms with Crippen molar-refractivity contribution in [1.82, 2.24) is 14.8 Å². The van der Waals surface area contributed by atoms with Gasteiger partial charge in [-0.1, -0.05) is 43.3 Å². The van der Waals surface area contributed by atoms with E-state index in [1.165, 1.54) is 4.90 Å². The van der Waals surface area contributed by atoms with Crippen molar-refractivity contribution in [3.8, 4) is 0 Å². The molecule has 0 radical (unpaired) electrons. The molecule has 1 fully saturated rings. The van der Waals surface area contributed by atoms with Gasteiger partial charge in [-0.3, -0.25) is 19.5 Å². The summed E-state index contributed by atoms with van der Waals surface area (Å²) in [6.07, 6.45) is 5.58. The Labute approximate surface area is 159 Å². The van der Waals surface area contributed by atoms with Crippen LogP contribution in [0.5, 0.6) is 0 Å². The number of carbonyl (C=O) groups is 2. The Kier molecular flexibility index (Phi) is 4.75. The quantitative estimate of drug-likeness (QED) is 0.786. The van der Waals surface area contributed by atoms with Crippen molar-refractivity contribution in [1.29, 1.82) is 0 Å². The zero-order valence-electron chi connectivity index (χ0n) is 15.5. The molecule has 1 saturated heterocycles. The van der Waals surface area contributed by atoms with Crippen LogP contribution in [0.25, 0.3) is 5.57 Å². The average molecular weight is 361 g/mol. The molecule has 1 aromatic heterocycles. The Morgan fingerprint density at radius 3 is 2.59 bits per heavy atom. The monoisotopic (exact) mass is 361 g/mol. The minimum Gasteiger partial charge on any atom is -0.366 e. The molecular weight excluding hydrogens is 338 g/mol. The minimum atomic E-state index is -0.219. The number of aromatic nitrogens is 1. The first-order chi connectivity index (χ1) is 13.1. The van der Waals surface area contributed by atoms with Gasteiger partial charge in [-0.25, -0.2) is 0 Å². The molecule has 27 heavy (non-hydrogen) atoms. The third-order valence-corrected chi connectivity index (χ3v) is 5.24. The molecule has 0 spiro atoms. The Bertz CT molecular complexity index is 877. The first kappa shape index (κ1) is 17.5. The molecule has 3 heterocycles. The maximum atomic E-state index is 13.3. The van der Waals surface area contributed by atoms with Crippen LogP contribution in [0.3, 0.4) is 0 Å². The fourth-order valence-electron chi connectivity index (χ4n) is 3.93. The smallest absolute Gasteiger partial charge is 0.278 e. The van der Waals surface area contributed by atoms with Crippen LogP contribution >= 0.6 is 0 Å². The van der Waals surface area contributed by atoms with Crippen LogP contribution in [-0.4, -0.2) is 39.7 Å². The number of hydrogen-bond acceptors (Lipinski definition) is 4. The number of rotatable bonds is 4. The molecule has 1 atom stereocenters. The van der Waals surface area contributed by atoms with Gasteiger partial charge in [-0.2, -0.15) is 0 Å². The highest BCUT2D eigenvalue weighted by atomic mass is 16.2. The molecule has 2 aromatic rings. The predicted molar refractivity (Wildman–Crippen MR) is 103 cm³/mol. The van der Waals surface area contributed by atoms with Crippen LogP contribution in [-0.2, 0) is 16.1 Å². The lowest BCUT2D eigenvalue weighted by Crippen LogP contribution is -2.39. The molecule has 2 aliphatic rings. The molecule has 2 amide bonds. The second-order valence-electron chi connectivity index (χ2n) is 7.34. The van der Waals surface area contributed by atoms with Gasteiger partial charge in [0.25, 0.3) is 11.8 Å². The van der Waals surface area contributed by atoms with E-state index in [1.54, 1.807) is 12.4 Å². The summed E-state index contributed by atoms with van der Waals surface area (Å²) in [6.45, 7) is 4.07. The van der Waals surface area contributed by atoms with E-state index < -0.39 is 0 Å². The Hall–Kier alpha value is -2.95. The van der Waals surface area contributed by atoms with Crippen molar-refractivity contribution in [2.45, 2.75) is 26.3 Å². The number of benzene rings is 1. The average Bonchev–Trinajstić information content (AvgIpc) is 2.94. The molecule has 5 heteroatoms. The van der Waals surface area contributed by atoms with Crippen LogP contribution < -0.4 is 0 Å². The molecule has 0 bridgehead atoms. The van der Waals surface area contributed by atoms with Gasteiger partial charge in [0.05, 0.1) is 12.1 Å². The number of pyridine rings is 1. The number of likely N-dealkylation sites (tertiary alicyclic amines) is 1. The number of nitrogens with zero attached hydrogens (tertiary/aromatic N) is 3. The van der Waals surface area contributed by atoms with Gasteiger partial charge >= 0.3 is 0 Å². The largest absolute Gasteiger partial charge is 0.366 e. The molecule has 1 aromatic carbocycles. The van der Waals surface area contributed by atoms with Crippen LogP contribution in [0.15, 0.2) is 60.6 Å². The summed E-state index contributed by atoms with van der Waals surface area (Å²) in [6, 6.07) is 13.2. The van der Waals surface area contributed by atoms with E-state index in [0.717, 1.165) is 37.1 Å². The van der Waals surface area contributed by atoms with Crippen LogP contribution in [0.4, 0.5) is 0 Å². The highest BCUT2D eigenvalue weighted by Crippen LogP contribution is 2.34. The molecule has 1 unspecified atom stereocenters. The third-order valence-electron chi connectivity index (χ3n) is 5.24. The number of amides is 2. The Morgan fingerprint density at radius 1 is 1.07 bits per heavy atom. The topological polar surface area (TPSA) is 53.5 Å². The SMILES string of the molecule is CC1CCCN(C2=C(c3ccccc3)C(=O)N(Cc3cccnc3)C2=O)C1. The zero-order chi connectivity index (χ0) is 18.8. The van der Waals surface area contributed by atoms with Crippen molar-refractivity contribution in [3.63, 3.8) is 0 Å². The summed E-state index contributed by atoms with van der Waals surface area (Å²) < 4.78 is 0. The van der Waals surface area contributed by atoms with E-state index in [2.05, 4.69) is 16.8 Å². The van der Waals surface area contributed by atoms with Crippen molar-refractivity contribution < 1.29 is 9.59 Å². The van der Waals surface area contributed by atoms with E-state index in [4.69, 9.17) is 0 Å². The standard InChI is InChI=1S/C22H23N3O2/c1-16-7-6-12-24(14-16)20-19(18-9-3-2-4-10-18)21(26)25(22(20)27)15-17-8-5-11-23-13-17/h2-5,8-11,13,16H,6-7,12,14-15H2,1H3. The van der Waals surface area contributed by atoms with Gasteiger partial charge in [0.2, 0.25) is 0 Å². The molecule has 5 nitrogen and oxygen atoms in total. The summed E-state index contributed by atoms with van der Waals surface area (Å²) >= 11 is 0. The number of imide groups is 1. The lowest BCUT2D eigenvalue weighted by Gasteiger charge is -2.33. The van der Waals surface area contributed by atoms with Gasteiger partial charge in [0.15, 0.2) is 0 Å². The molecule has 0 saturated carbocycles. The maximum Gasteiger partial charge on any atom is 0.278 e. The van der Waals surface area contributed by atoms with Crippen molar-refractivity contribution in [2.24, 2.45) is 5.92 Å². The molecule has 0 N–H and O–H groups in total. The second kappa shape index (κ2) is 7.35. The van der Waals surface area contributed by atoms with Gasteiger partial charge < -0.3 is 4.90 Å². The summed E-state index contributed by atoms with van der Waals surface area (Å²) in [5.74, 6) is 0.0960. The molecule has 4 rings (SSSR count). The third kappa shape index (κ3) is 3.37. The molecule has 0 aliphatic carbocycles. The maximum absolute atomic E-state index is 13.3. The minimum absolute atomic E-state index is 0.197. The molecule has 138 valence electrons. The van der Waals surface area contributed by atoms with Crippen LogP contribution in [0.1, 0.15) is 30.9 Å². The predicted octanol–water partition coefficient (Wildman–Crippen LogP) is 3.09. The highest BCUT2D eigenvalue weighted by molar-refractivity contribution is 6.35. The van der Waals surface area contributed by atoms with E-state index in [-0.39, 0.29) is 18.4 Å². The van der Waals surface area contributed by atoms with Gasteiger partial charge in [-0.15, -0.1) is 0 Å². The van der Waals surface area contributed by atoms with E-state index in [0.29, 0.717) is 17.2 Å². The summed E-state index contributed by atoms with van der Waals surface area (Å²) in [7, 11) is 0. The summed E-state index contributed by atoms with van der Waals surface area (Å²) in [5.41, 5.74) is 2.73. The number of piperidine rings is 1. The second-order valence-corrected chi connectivity index (χ2v) is 7.34. The first-order valence-electron chi connectivity index (χ1n) is 9.45. The molecule has 2 aliphatic heterocycles. The van der Waals surface area contributed by atoms with E-state index in [9.17, 15) is 9.59 Å². The lowest BCUT2D eigenvalue weighted by atomic mass is 9.98. The summed E-state index contributed by atoms with van der Waals surface area (Å²) in [4.78, 5) is 34.1. The van der Waals surface area contributed by atoms with Crippen LogP contribution in [0.2, 0.25) is 0 Å². The van der Waals surface area contributed by atoms with E-state index >= 15 is 0 Å². The van der Waals surface area contributed by atoms with Crippen molar-refractivity contribution in [3.05, 3.63) is 71.7 Å². The normalized spacial score (nSPS) is 20.6. The Morgan fingerprint density at radius 2 is 1.89 bits per heavy atom. The fourth-order valence-corrected chi connectivity index (χ4v) is 3.93. The Balaban J connectivity index is 1.73.